The van der Waals surface area contributed by atoms with E-state index in [1.54, 1.807) is 31.3 Å². The number of aryl methyl sites for hydroxylation is 1. The summed E-state index contributed by atoms with van der Waals surface area (Å²) in [7, 11) is 1.28. The van der Waals surface area contributed by atoms with Crippen molar-refractivity contribution >= 4 is 18.2 Å². The van der Waals surface area contributed by atoms with Gasteiger partial charge in [-0.05, 0) is 44.0 Å². The molecule has 0 radical (unpaired) electrons. The number of carbonyl (C=O) groups is 2. The van der Waals surface area contributed by atoms with Crippen LogP contribution in [0.3, 0.4) is 0 Å². The summed E-state index contributed by atoms with van der Waals surface area (Å²) < 4.78 is 16.3. The van der Waals surface area contributed by atoms with Gasteiger partial charge in [0.25, 0.3) is 0 Å². The van der Waals surface area contributed by atoms with Crippen molar-refractivity contribution in [3.8, 4) is 11.5 Å². The van der Waals surface area contributed by atoms with Gasteiger partial charge in [0.2, 0.25) is 0 Å². The molecule has 0 bridgehead atoms. The molecule has 2 aromatic rings. The molecule has 0 spiro atoms. The quantitative estimate of drug-likeness (QED) is 0.177. The molecule has 0 fully saturated rings. The highest BCUT2D eigenvalue weighted by Gasteiger charge is 2.32. The number of methoxy groups -OCH3 is 1. The molecule has 186 valence electrons. The molecule has 0 aliphatic carbocycles. The maximum Gasteiger partial charge on any atom is 0.337 e. The molecule has 10 heteroatoms. The summed E-state index contributed by atoms with van der Waals surface area (Å²) in [5, 5.41) is 19.6. The smallest absolute Gasteiger partial charge is 0.337 e. The standard InChI is InChI=1S/C25H30N4O6/c1-5-34-20-12-18(23-22(24(31)33-4)16(3)27-25(32)28-23)9-10-19(20)35-14-21(30)29-26-13-17-8-6-7-15(2)11-17/h6-13,21,23,29-30H,5,14H2,1-4H3,(H2,27,28,32)/b26-13-/t21-,23+/m0/s1. The van der Waals surface area contributed by atoms with E-state index in [9.17, 15) is 14.7 Å². The van der Waals surface area contributed by atoms with Crippen LogP contribution in [0.2, 0.25) is 0 Å². The van der Waals surface area contributed by atoms with Gasteiger partial charge in [-0.2, -0.15) is 5.10 Å². The van der Waals surface area contributed by atoms with Crippen molar-refractivity contribution in [1.82, 2.24) is 16.1 Å². The molecule has 1 aliphatic heterocycles. The number of hydrogen-bond donors (Lipinski definition) is 4. The number of nitrogens with one attached hydrogen (secondary N) is 3. The lowest BCUT2D eigenvalue weighted by Gasteiger charge is -2.28. The first-order valence-electron chi connectivity index (χ1n) is 11.1. The largest absolute Gasteiger partial charge is 0.490 e. The summed E-state index contributed by atoms with van der Waals surface area (Å²) >= 11 is 0. The van der Waals surface area contributed by atoms with Crippen LogP contribution in [0.15, 0.2) is 58.8 Å². The fourth-order valence-electron chi connectivity index (χ4n) is 3.57. The first-order valence-corrected chi connectivity index (χ1v) is 11.1. The number of ether oxygens (including phenoxy) is 3. The van der Waals surface area contributed by atoms with Gasteiger partial charge in [0.15, 0.2) is 17.7 Å². The van der Waals surface area contributed by atoms with Crippen LogP contribution in [0.5, 0.6) is 11.5 Å². The average molecular weight is 483 g/mol. The zero-order valence-corrected chi connectivity index (χ0v) is 20.1. The molecule has 10 nitrogen and oxygen atoms in total. The highest BCUT2D eigenvalue weighted by Crippen LogP contribution is 2.34. The number of hydrazone groups is 1. The lowest BCUT2D eigenvalue weighted by atomic mass is 9.95. The second-order valence-electron chi connectivity index (χ2n) is 7.83. The van der Waals surface area contributed by atoms with Crippen LogP contribution in [-0.2, 0) is 9.53 Å². The van der Waals surface area contributed by atoms with E-state index in [0.717, 1.165) is 11.1 Å². The molecule has 1 aliphatic rings. The number of hydrogen-bond acceptors (Lipinski definition) is 8. The second kappa shape index (κ2) is 11.9. The van der Waals surface area contributed by atoms with Crippen molar-refractivity contribution in [1.29, 1.82) is 0 Å². The number of esters is 1. The van der Waals surface area contributed by atoms with Gasteiger partial charge in [-0.15, -0.1) is 0 Å². The third-order valence-electron chi connectivity index (χ3n) is 5.15. The van der Waals surface area contributed by atoms with Crippen LogP contribution in [0.1, 0.15) is 36.6 Å². The summed E-state index contributed by atoms with van der Waals surface area (Å²) in [5.74, 6) is 0.230. The number of rotatable bonds is 10. The minimum Gasteiger partial charge on any atom is -0.490 e. The molecular weight excluding hydrogens is 452 g/mol. The van der Waals surface area contributed by atoms with Gasteiger partial charge in [0.05, 0.1) is 31.5 Å². The van der Waals surface area contributed by atoms with E-state index >= 15 is 0 Å². The van der Waals surface area contributed by atoms with Crippen molar-refractivity contribution in [2.24, 2.45) is 5.10 Å². The number of amides is 2. The summed E-state index contributed by atoms with van der Waals surface area (Å²) in [6.07, 6.45) is 0.545. The van der Waals surface area contributed by atoms with Crippen LogP contribution in [-0.4, -0.2) is 49.9 Å². The van der Waals surface area contributed by atoms with E-state index in [1.165, 1.54) is 7.11 Å². The summed E-state index contributed by atoms with van der Waals surface area (Å²) in [4.78, 5) is 24.4. The van der Waals surface area contributed by atoms with Crippen molar-refractivity contribution < 1.29 is 28.9 Å². The number of urea groups is 1. The Morgan fingerprint density at radius 3 is 2.71 bits per heavy atom. The molecule has 2 atom stereocenters. The molecule has 3 rings (SSSR count). The normalized spacial score (nSPS) is 16.4. The minimum atomic E-state index is -1.06. The van der Waals surface area contributed by atoms with E-state index in [0.29, 0.717) is 29.4 Å². The summed E-state index contributed by atoms with van der Waals surface area (Å²) in [6.45, 7) is 5.71. The molecule has 4 N–H and O–H groups in total. The van der Waals surface area contributed by atoms with E-state index < -0.39 is 24.3 Å². The molecule has 35 heavy (non-hydrogen) atoms. The third kappa shape index (κ3) is 6.73. The van der Waals surface area contributed by atoms with Crippen molar-refractivity contribution in [2.75, 3.05) is 20.3 Å². The van der Waals surface area contributed by atoms with Gasteiger partial charge < -0.3 is 30.0 Å². The van der Waals surface area contributed by atoms with Crippen LogP contribution in [0, 0.1) is 6.92 Å². The summed E-state index contributed by atoms with van der Waals surface area (Å²) in [5.41, 5.74) is 5.93. The van der Waals surface area contributed by atoms with Gasteiger partial charge in [-0.3, -0.25) is 5.43 Å². The lowest BCUT2D eigenvalue weighted by molar-refractivity contribution is -0.136. The number of nitrogens with zero attached hydrogens (tertiary/aromatic N) is 1. The molecule has 0 unspecified atom stereocenters. The number of allylic oxidation sites excluding steroid dienone is 1. The van der Waals surface area contributed by atoms with Crippen molar-refractivity contribution in [3.05, 3.63) is 70.4 Å². The van der Waals surface area contributed by atoms with Gasteiger partial charge in [-0.25, -0.2) is 9.59 Å². The maximum atomic E-state index is 12.3. The first kappa shape index (κ1) is 25.6. The summed E-state index contributed by atoms with van der Waals surface area (Å²) in [6, 6.07) is 11.7. The Labute approximate surface area is 204 Å². The zero-order valence-electron chi connectivity index (χ0n) is 20.1. The second-order valence-corrected chi connectivity index (χ2v) is 7.83. The predicted molar refractivity (Wildman–Crippen MR) is 130 cm³/mol. The Kier molecular flexibility index (Phi) is 8.69. The van der Waals surface area contributed by atoms with Gasteiger partial charge >= 0.3 is 12.0 Å². The maximum absolute atomic E-state index is 12.3. The zero-order chi connectivity index (χ0) is 25.4. The molecule has 2 amide bonds. The van der Waals surface area contributed by atoms with E-state index in [2.05, 4.69) is 21.2 Å². The van der Waals surface area contributed by atoms with Crippen LogP contribution >= 0.6 is 0 Å². The van der Waals surface area contributed by atoms with Gasteiger partial charge in [0.1, 0.15) is 6.61 Å². The minimum absolute atomic E-state index is 0.0961. The number of aliphatic hydroxyl groups is 1. The molecule has 2 aromatic carbocycles. The van der Waals surface area contributed by atoms with E-state index in [-0.39, 0.29) is 12.2 Å². The predicted octanol–water partition coefficient (Wildman–Crippen LogP) is 2.52. The van der Waals surface area contributed by atoms with Crippen LogP contribution in [0.4, 0.5) is 4.79 Å². The van der Waals surface area contributed by atoms with Crippen molar-refractivity contribution in [3.63, 3.8) is 0 Å². The SMILES string of the molecule is CCOc1cc([C@H]2NC(=O)NC(C)=C2C(=O)OC)ccc1OC[C@H](O)N/N=C\c1cccc(C)c1. The number of carbonyl (C=O) groups excluding carboxylic acids is 2. The Bertz CT molecular complexity index is 1130. The van der Waals surface area contributed by atoms with Crippen LogP contribution < -0.4 is 25.5 Å². The highest BCUT2D eigenvalue weighted by molar-refractivity contribution is 5.95. The first-order chi connectivity index (χ1) is 16.8. The van der Waals surface area contributed by atoms with E-state index in [1.807, 2.05) is 38.1 Å². The lowest BCUT2D eigenvalue weighted by Crippen LogP contribution is -2.45. The monoisotopic (exact) mass is 482 g/mol. The Balaban J connectivity index is 1.71. The molecular formula is C25H30N4O6. The number of benzene rings is 2. The Morgan fingerprint density at radius 1 is 1.20 bits per heavy atom. The average Bonchev–Trinajstić information content (AvgIpc) is 2.82. The van der Waals surface area contributed by atoms with E-state index in [4.69, 9.17) is 14.2 Å². The fourth-order valence-corrected chi connectivity index (χ4v) is 3.57. The molecule has 0 aromatic heterocycles. The third-order valence-corrected chi connectivity index (χ3v) is 5.15. The Hall–Kier alpha value is -4.05. The number of aliphatic hydroxyl groups excluding tert-OH is 1. The van der Waals surface area contributed by atoms with Gasteiger partial charge in [0, 0.05) is 5.70 Å². The topological polar surface area (TPSA) is 131 Å². The molecule has 0 saturated carbocycles. The van der Waals surface area contributed by atoms with Crippen LogP contribution in [0.25, 0.3) is 0 Å². The van der Waals surface area contributed by atoms with Gasteiger partial charge in [-0.1, -0.05) is 35.9 Å². The molecule has 0 saturated heterocycles. The Morgan fingerprint density at radius 2 is 2.00 bits per heavy atom. The fraction of sp³-hybridized carbons (Fsp3) is 0.320. The molecule has 1 heterocycles. The van der Waals surface area contributed by atoms with Crippen molar-refractivity contribution in [2.45, 2.75) is 33.0 Å². The highest BCUT2D eigenvalue weighted by atomic mass is 16.5.